The second kappa shape index (κ2) is 5.67. The molecule has 1 saturated heterocycles. The molecule has 0 radical (unpaired) electrons. The second-order valence-electron chi connectivity index (χ2n) is 3.21. The van der Waals surface area contributed by atoms with Crippen LogP contribution >= 0.6 is 12.6 Å². The van der Waals surface area contributed by atoms with Gasteiger partial charge in [0.1, 0.15) is 0 Å². The summed E-state index contributed by atoms with van der Waals surface area (Å²) in [5.74, 6) is 1.03. The molecular formula is C8H18INOS. The van der Waals surface area contributed by atoms with Crippen LogP contribution in [0.4, 0.5) is 0 Å². The van der Waals surface area contributed by atoms with Gasteiger partial charge in [-0.25, -0.2) is 0 Å². The summed E-state index contributed by atoms with van der Waals surface area (Å²) in [6.07, 6.45) is 1.25. The Labute approximate surface area is 91.3 Å². The molecule has 1 rings (SSSR count). The van der Waals surface area contributed by atoms with E-state index in [0.717, 1.165) is 19.0 Å². The molecule has 0 amide bonds. The topological polar surface area (TPSA) is 9.23 Å². The van der Waals surface area contributed by atoms with Gasteiger partial charge in [-0.3, -0.25) is 0 Å². The Kier molecular flexibility index (Phi) is 5.24. The molecule has 12 heavy (non-hydrogen) atoms. The molecule has 1 aliphatic heterocycles. The van der Waals surface area contributed by atoms with E-state index in [1.54, 1.807) is 0 Å². The van der Waals surface area contributed by atoms with Gasteiger partial charge in [0, 0.05) is 0 Å². The second-order valence-corrected chi connectivity index (χ2v) is 7.75. The first-order chi connectivity index (χ1) is 5.77. The van der Waals surface area contributed by atoms with Crippen molar-refractivity contribution in [3.8, 4) is 0 Å². The van der Waals surface area contributed by atoms with Crippen molar-refractivity contribution in [2.24, 2.45) is 0 Å². The maximum absolute atomic E-state index is 5.46. The monoisotopic (exact) mass is 303 g/mol. The van der Waals surface area contributed by atoms with Crippen molar-refractivity contribution in [2.75, 3.05) is 43.5 Å². The Hall–Kier alpha value is 1.00. The molecule has 1 unspecified atom stereocenters. The van der Waals surface area contributed by atoms with E-state index < -0.39 is 0 Å². The van der Waals surface area contributed by atoms with E-state index in [4.69, 9.17) is 4.74 Å². The first-order valence-corrected chi connectivity index (χ1v) is 7.53. The van der Waals surface area contributed by atoms with Crippen LogP contribution in [0.2, 0.25) is 0 Å². The van der Waals surface area contributed by atoms with Crippen molar-refractivity contribution in [3.63, 3.8) is 0 Å². The van der Waals surface area contributed by atoms with Crippen LogP contribution in [0.25, 0.3) is 0 Å². The fourth-order valence-electron chi connectivity index (χ4n) is 1.28. The third-order valence-electron chi connectivity index (χ3n) is 2.08. The van der Waals surface area contributed by atoms with Crippen molar-refractivity contribution in [1.29, 1.82) is 0 Å². The quantitative estimate of drug-likeness (QED) is 0.269. The molecule has 0 aromatic rings. The number of hydrogen-bond acceptors (Lipinski definition) is 2. The number of likely N-dealkylation sites (N-methyl/N-ethyl adjacent to an activating group) is 1. The van der Waals surface area contributed by atoms with Crippen molar-refractivity contribution in [1.82, 2.24) is 0 Å². The Morgan fingerprint density at radius 1 is 1.50 bits per heavy atom. The SMILES string of the molecule is C[N+]1(CCCS)CCOCC[I-]1. The summed E-state index contributed by atoms with van der Waals surface area (Å²) in [7, 11) is 2.38. The summed E-state index contributed by atoms with van der Waals surface area (Å²) in [6, 6.07) is 0. The molecule has 1 fully saturated rings. The number of hydrogen-bond donors (Lipinski definition) is 1. The fourth-order valence-corrected chi connectivity index (χ4v) is 4.32. The molecule has 2 nitrogen and oxygen atoms in total. The summed E-state index contributed by atoms with van der Waals surface area (Å²) in [4.78, 5) is 0. The summed E-state index contributed by atoms with van der Waals surface area (Å²) in [6.45, 7) is 4.49. The van der Waals surface area contributed by atoms with Crippen LogP contribution in [-0.2, 0) is 4.74 Å². The van der Waals surface area contributed by atoms with E-state index in [1.165, 1.54) is 26.6 Å². The van der Waals surface area contributed by atoms with E-state index in [-0.39, 0.29) is 0 Å². The van der Waals surface area contributed by atoms with E-state index in [2.05, 4.69) is 19.7 Å². The van der Waals surface area contributed by atoms with Crippen LogP contribution in [-0.4, -0.2) is 46.2 Å². The van der Waals surface area contributed by atoms with Gasteiger partial charge in [0.15, 0.2) is 0 Å². The minimum atomic E-state index is 0.304. The molecule has 0 aliphatic carbocycles. The summed E-state index contributed by atoms with van der Waals surface area (Å²) >= 11 is 4.56. The Morgan fingerprint density at radius 3 is 3.08 bits per heavy atom. The van der Waals surface area contributed by atoms with Crippen molar-refractivity contribution >= 4 is 12.6 Å². The zero-order valence-electron chi connectivity index (χ0n) is 7.63. The zero-order valence-corrected chi connectivity index (χ0v) is 10.7. The van der Waals surface area contributed by atoms with E-state index >= 15 is 0 Å². The van der Waals surface area contributed by atoms with Gasteiger partial charge in [-0.05, 0) is 0 Å². The first kappa shape index (κ1) is 11.1. The molecule has 1 heterocycles. The van der Waals surface area contributed by atoms with E-state index in [9.17, 15) is 0 Å². The van der Waals surface area contributed by atoms with Crippen LogP contribution in [0.1, 0.15) is 6.42 Å². The number of nitrogens with zero attached hydrogens (tertiary/aromatic N) is 1. The normalized spacial score (nSPS) is 32.2. The average Bonchev–Trinajstić information content (AvgIpc) is 2.27. The number of alkyl halides is 1. The fraction of sp³-hybridized carbons (Fsp3) is 1.00. The average molecular weight is 303 g/mol. The van der Waals surface area contributed by atoms with Gasteiger partial charge < -0.3 is 0 Å². The van der Waals surface area contributed by atoms with Gasteiger partial charge in [-0.1, -0.05) is 0 Å². The molecule has 0 saturated carbocycles. The molecule has 1 atom stereocenters. The molecule has 1 aliphatic rings. The predicted molar refractivity (Wildman–Crippen MR) is 50.1 cm³/mol. The van der Waals surface area contributed by atoms with Gasteiger partial charge in [0.05, 0.1) is 0 Å². The van der Waals surface area contributed by atoms with Crippen molar-refractivity contribution in [2.45, 2.75) is 6.42 Å². The van der Waals surface area contributed by atoms with E-state index in [0.29, 0.717) is 21.5 Å². The zero-order chi connectivity index (χ0) is 8.86. The number of halogens is 1. The summed E-state index contributed by atoms with van der Waals surface area (Å²) in [5.41, 5.74) is 0. The van der Waals surface area contributed by atoms with Crippen LogP contribution in [0, 0.1) is 0 Å². The van der Waals surface area contributed by atoms with Crippen LogP contribution in [0.5, 0.6) is 0 Å². The Bertz CT molecular complexity index is 126. The van der Waals surface area contributed by atoms with Crippen LogP contribution < -0.4 is 21.5 Å². The molecule has 0 spiro atoms. The molecular weight excluding hydrogens is 285 g/mol. The number of thiol groups is 1. The first-order valence-electron chi connectivity index (χ1n) is 4.41. The molecule has 0 bridgehead atoms. The molecule has 0 aromatic carbocycles. The number of quaternary nitrogens is 1. The number of ether oxygens (including phenoxy) is 1. The number of rotatable bonds is 3. The summed E-state index contributed by atoms with van der Waals surface area (Å²) < 4.78 is 8.08. The Morgan fingerprint density at radius 2 is 2.33 bits per heavy atom. The molecule has 4 heteroatoms. The molecule has 0 N–H and O–H groups in total. The van der Waals surface area contributed by atoms with E-state index in [1.807, 2.05) is 0 Å². The maximum atomic E-state index is 5.46. The van der Waals surface area contributed by atoms with Crippen molar-refractivity contribution < 1.29 is 28.9 Å². The van der Waals surface area contributed by atoms with Crippen molar-refractivity contribution in [3.05, 3.63) is 0 Å². The van der Waals surface area contributed by atoms with Gasteiger partial charge in [-0.15, -0.1) is 0 Å². The third kappa shape index (κ3) is 3.81. The van der Waals surface area contributed by atoms with Gasteiger partial charge in [-0.2, -0.15) is 0 Å². The minimum absolute atomic E-state index is 0.304. The standard InChI is InChI=1S/C8H18INOS/c1-10(4-2-8-12)5-7-11-6-3-9-10/h12H,2-8H2,1H3. The summed E-state index contributed by atoms with van der Waals surface area (Å²) in [5, 5.41) is 0. The molecule has 0 aromatic heterocycles. The van der Waals surface area contributed by atoms with Crippen LogP contribution in [0.15, 0.2) is 0 Å². The van der Waals surface area contributed by atoms with Gasteiger partial charge in [0.25, 0.3) is 0 Å². The molecule has 74 valence electrons. The predicted octanol–water partition coefficient (Wildman–Crippen LogP) is -2.21. The third-order valence-corrected chi connectivity index (χ3v) is 5.93. The van der Waals surface area contributed by atoms with Crippen LogP contribution in [0.3, 0.4) is 0 Å². The van der Waals surface area contributed by atoms with Gasteiger partial charge >= 0.3 is 91.5 Å². The van der Waals surface area contributed by atoms with Gasteiger partial charge in [0.2, 0.25) is 0 Å². The Balaban J connectivity index is 2.32.